The van der Waals surface area contributed by atoms with Gasteiger partial charge in [0.1, 0.15) is 5.75 Å². The van der Waals surface area contributed by atoms with Crippen LogP contribution < -0.4 is 20.7 Å². The van der Waals surface area contributed by atoms with E-state index in [1.54, 1.807) is 54.6 Å². The molecule has 0 aliphatic heterocycles. The van der Waals surface area contributed by atoms with Gasteiger partial charge in [-0.1, -0.05) is 24.3 Å². The van der Waals surface area contributed by atoms with Gasteiger partial charge in [-0.3, -0.25) is 10.1 Å². The highest BCUT2D eigenvalue weighted by molar-refractivity contribution is 7.14. The number of hydrogen-bond donors (Lipinski definition) is 3. The number of rotatable bonds is 5. The fraction of sp³-hybridized carbons (Fsp3) is 0.0526. The van der Waals surface area contributed by atoms with Crippen LogP contribution in [0.15, 0.2) is 66.0 Å². The first-order valence-electron chi connectivity index (χ1n) is 7.82. The molecule has 2 aromatic carbocycles. The maximum atomic E-state index is 12.6. The second kappa shape index (κ2) is 8.17. The minimum Gasteiger partial charge on any atom is -0.496 e. The lowest BCUT2D eigenvalue weighted by atomic mass is 10.1. The molecule has 0 aliphatic carbocycles. The van der Waals surface area contributed by atoms with Crippen molar-refractivity contribution in [1.82, 2.24) is 0 Å². The summed E-state index contributed by atoms with van der Waals surface area (Å²) in [6.07, 6.45) is 0. The summed E-state index contributed by atoms with van der Waals surface area (Å²) in [5.41, 5.74) is 1.39. The molecular formula is C19H17N3O3S. The maximum Gasteiger partial charge on any atom is 0.324 e. The van der Waals surface area contributed by atoms with E-state index in [9.17, 15) is 9.59 Å². The molecule has 0 saturated heterocycles. The molecule has 0 aliphatic rings. The van der Waals surface area contributed by atoms with Crippen molar-refractivity contribution in [2.45, 2.75) is 0 Å². The first kappa shape index (κ1) is 17.5. The van der Waals surface area contributed by atoms with Crippen molar-refractivity contribution < 1.29 is 14.3 Å². The number of hydrogen-bond acceptors (Lipinski definition) is 4. The zero-order valence-corrected chi connectivity index (χ0v) is 14.8. The van der Waals surface area contributed by atoms with Crippen molar-refractivity contribution in [3.63, 3.8) is 0 Å². The van der Waals surface area contributed by atoms with Crippen LogP contribution in [-0.4, -0.2) is 19.0 Å². The van der Waals surface area contributed by atoms with E-state index < -0.39 is 0 Å². The smallest absolute Gasteiger partial charge is 0.324 e. The molecule has 0 spiro atoms. The van der Waals surface area contributed by atoms with Gasteiger partial charge in [-0.05, 0) is 41.8 Å². The average Bonchev–Trinajstić information content (AvgIpc) is 3.16. The molecule has 26 heavy (non-hydrogen) atoms. The van der Waals surface area contributed by atoms with E-state index in [1.807, 2.05) is 11.4 Å². The van der Waals surface area contributed by atoms with Gasteiger partial charge in [0.05, 0.1) is 29.0 Å². The fourth-order valence-corrected chi connectivity index (χ4v) is 2.95. The monoisotopic (exact) mass is 367 g/mol. The number of para-hydroxylation sites is 3. The normalized spacial score (nSPS) is 10.0. The minimum absolute atomic E-state index is 0.324. The van der Waals surface area contributed by atoms with Crippen LogP contribution in [0.2, 0.25) is 0 Å². The Labute approximate surface area is 154 Å². The molecule has 6 nitrogen and oxygen atoms in total. The molecule has 3 amide bonds. The van der Waals surface area contributed by atoms with Crippen molar-refractivity contribution in [2.75, 3.05) is 23.1 Å². The van der Waals surface area contributed by atoms with E-state index in [4.69, 9.17) is 4.74 Å². The van der Waals surface area contributed by atoms with E-state index in [1.165, 1.54) is 18.4 Å². The molecule has 132 valence electrons. The quantitative estimate of drug-likeness (QED) is 0.614. The highest BCUT2D eigenvalue weighted by Gasteiger charge is 2.14. The number of thiophene rings is 1. The van der Waals surface area contributed by atoms with Gasteiger partial charge in [0.25, 0.3) is 5.91 Å². The Kier molecular flexibility index (Phi) is 5.50. The zero-order valence-electron chi connectivity index (χ0n) is 14.0. The topological polar surface area (TPSA) is 79.5 Å². The number of anilines is 3. The lowest BCUT2D eigenvalue weighted by Crippen LogP contribution is -2.21. The van der Waals surface area contributed by atoms with Crippen LogP contribution in [0.5, 0.6) is 5.75 Å². The lowest BCUT2D eigenvalue weighted by Gasteiger charge is -2.13. The third-order valence-electron chi connectivity index (χ3n) is 3.53. The van der Waals surface area contributed by atoms with Gasteiger partial charge < -0.3 is 15.4 Å². The molecule has 0 radical (unpaired) electrons. The third-order valence-corrected chi connectivity index (χ3v) is 4.32. The molecule has 0 atom stereocenters. The lowest BCUT2D eigenvalue weighted by molar-refractivity contribution is 0.102. The Balaban J connectivity index is 1.74. The Morgan fingerprint density at radius 1 is 0.846 bits per heavy atom. The summed E-state index contributed by atoms with van der Waals surface area (Å²) in [5.74, 6) is 0.154. The molecule has 3 rings (SSSR count). The van der Waals surface area contributed by atoms with E-state index in [-0.39, 0.29) is 11.9 Å². The molecule has 1 heterocycles. The first-order chi connectivity index (χ1) is 12.7. The standard InChI is InChI=1S/C19H17N3O3S/c1-25-16-10-5-2-7-13(16)18(23)20-14-8-3-4-9-15(14)21-19(24)22-17-11-6-12-26-17/h2-12H,1H3,(H,20,23)(H2,21,22,24). The number of urea groups is 1. The van der Waals surface area contributed by atoms with Gasteiger partial charge in [-0.2, -0.15) is 0 Å². The van der Waals surface area contributed by atoms with Gasteiger partial charge >= 0.3 is 6.03 Å². The second-order valence-corrected chi connectivity index (χ2v) is 6.20. The van der Waals surface area contributed by atoms with Crippen LogP contribution in [0.1, 0.15) is 10.4 Å². The van der Waals surface area contributed by atoms with Crippen LogP contribution in [0.25, 0.3) is 0 Å². The first-order valence-corrected chi connectivity index (χ1v) is 8.70. The predicted molar refractivity (Wildman–Crippen MR) is 104 cm³/mol. The number of amides is 3. The summed E-state index contributed by atoms with van der Waals surface area (Å²) < 4.78 is 5.22. The van der Waals surface area contributed by atoms with Crippen LogP contribution in [0, 0.1) is 0 Å². The molecule has 1 aromatic heterocycles. The minimum atomic E-state index is -0.383. The highest BCUT2D eigenvalue weighted by atomic mass is 32.1. The maximum absolute atomic E-state index is 12.6. The second-order valence-electron chi connectivity index (χ2n) is 5.26. The van der Waals surface area contributed by atoms with E-state index in [0.717, 1.165) is 5.00 Å². The average molecular weight is 367 g/mol. The van der Waals surface area contributed by atoms with Gasteiger partial charge in [0.15, 0.2) is 0 Å². The summed E-state index contributed by atoms with van der Waals surface area (Å²) in [6, 6.07) is 17.2. The summed E-state index contributed by atoms with van der Waals surface area (Å²) in [7, 11) is 1.51. The van der Waals surface area contributed by atoms with Crippen molar-refractivity contribution in [1.29, 1.82) is 0 Å². The predicted octanol–water partition coefficient (Wildman–Crippen LogP) is 4.65. The van der Waals surface area contributed by atoms with Crippen molar-refractivity contribution >= 4 is 39.7 Å². The van der Waals surface area contributed by atoms with Crippen molar-refractivity contribution in [3.8, 4) is 5.75 Å². The largest absolute Gasteiger partial charge is 0.496 e. The number of nitrogens with one attached hydrogen (secondary N) is 3. The Morgan fingerprint density at radius 2 is 1.54 bits per heavy atom. The zero-order chi connectivity index (χ0) is 18.4. The summed E-state index contributed by atoms with van der Waals surface area (Å²) in [5, 5.41) is 10.9. The molecule has 0 bridgehead atoms. The van der Waals surface area contributed by atoms with Crippen molar-refractivity contribution in [2.24, 2.45) is 0 Å². The van der Waals surface area contributed by atoms with Gasteiger partial charge in [-0.25, -0.2) is 4.79 Å². The van der Waals surface area contributed by atoms with E-state index in [0.29, 0.717) is 22.7 Å². The number of benzene rings is 2. The molecule has 7 heteroatoms. The van der Waals surface area contributed by atoms with Crippen LogP contribution in [0.4, 0.5) is 21.2 Å². The van der Waals surface area contributed by atoms with Gasteiger partial charge in [0, 0.05) is 0 Å². The summed E-state index contributed by atoms with van der Waals surface area (Å²) in [4.78, 5) is 24.7. The number of carbonyl (C=O) groups is 2. The van der Waals surface area contributed by atoms with Crippen molar-refractivity contribution in [3.05, 3.63) is 71.6 Å². The van der Waals surface area contributed by atoms with Crippen LogP contribution >= 0.6 is 11.3 Å². The molecule has 3 aromatic rings. The van der Waals surface area contributed by atoms with E-state index in [2.05, 4.69) is 16.0 Å². The fourth-order valence-electron chi connectivity index (χ4n) is 2.34. The summed E-state index contributed by atoms with van der Waals surface area (Å²) in [6.45, 7) is 0. The number of methoxy groups -OCH3 is 1. The Morgan fingerprint density at radius 3 is 2.23 bits per heavy atom. The van der Waals surface area contributed by atoms with Gasteiger partial charge in [0.2, 0.25) is 0 Å². The molecular weight excluding hydrogens is 350 g/mol. The molecule has 0 fully saturated rings. The Hall–Kier alpha value is -3.32. The third kappa shape index (κ3) is 4.20. The van der Waals surface area contributed by atoms with Crippen LogP contribution in [0.3, 0.4) is 0 Å². The molecule has 3 N–H and O–H groups in total. The Bertz CT molecular complexity index is 910. The van der Waals surface area contributed by atoms with Crippen LogP contribution in [-0.2, 0) is 0 Å². The SMILES string of the molecule is COc1ccccc1C(=O)Nc1ccccc1NC(=O)Nc1cccs1. The van der Waals surface area contributed by atoms with Gasteiger partial charge in [-0.15, -0.1) is 11.3 Å². The number of carbonyl (C=O) groups excluding carboxylic acids is 2. The summed E-state index contributed by atoms with van der Waals surface area (Å²) >= 11 is 1.42. The van der Waals surface area contributed by atoms with E-state index >= 15 is 0 Å². The molecule has 0 unspecified atom stereocenters. The number of ether oxygens (including phenoxy) is 1. The highest BCUT2D eigenvalue weighted by Crippen LogP contribution is 2.25. The molecule has 0 saturated carbocycles.